The highest BCUT2D eigenvalue weighted by molar-refractivity contribution is 5.85. The average Bonchev–Trinajstić information content (AvgIpc) is 2.32. The molecule has 1 atom stereocenters. The van der Waals surface area contributed by atoms with Gasteiger partial charge in [0.15, 0.2) is 0 Å². The number of ether oxygens (including phenoxy) is 1. The Morgan fingerprint density at radius 1 is 1.46 bits per heavy atom. The molecule has 74 valence electrons. The van der Waals surface area contributed by atoms with Crippen LogP contribution in [-0.2, 0) is 14.3 Å². The molecule has 13 heavy (non-hydrogen) atoms. The van der Waals surface area contributed by atoms with Crippen LogP contribution in [0, 0.1) is 5.92 Å². The molecular weight excluding hydrogens is 168 g/mol. The molecule has 3 nitrogen and oxygen atoms in total. The number of hydrogen-bond acceptors (Lipinski definition) is 3. The highest BCUT2D eigenvalue weighted by Crippen LogP contribution is 2.22. The van der Waals surface area contributed by atoms with Crippen LogP contribution in [0.15, 0.2) is 0 Å². The molecule has 0 N–H and O–H groups in total. The highest BCUT2D eigenvalue weighted by Gasteiger charge is 2.23. The van der Waals surface area contributed by atoms with Crippen LogP contribution in [0.5, 0.6) is 0 Å². The summed E-state index contributed by atoms with van der Waals surface area (Å²) in [6.07, 6.45) is 4.93. The van der Waals surface area contributed by atoms with E-state index in [9.17, 15) is 9.59 Å². The van der Waals surface area contributed by atoms with Crippen LogP contribution in [-0.4, -0.2) is 18.9 Å². The van der Waals surface area contributed by atoms with Crippen molar-refractivity contribution in [2.45, 2.75) is 38.5 Å². The molecule has 3 heteroatoms. The number of Topliss-reactive ketones (excluding diaryl/α,β-unsaturated/α-hetero) is 1. The second-order valence-electron chi connectivity index (χ2n) is 3.54. The summed E-state index contributed by atoms with van der Waals surface area (Å²) in [4.78, 5) is 22.4. The zero-order valence-electron chi connectivity index (χ0n) is 8.04. The summed E-state index contributed by atoms with van der Waals surface area (Å²) in [5, 5.41) is 0. The fourth-order valence-corrected chi connectivity index (χ4v) is 1.73. The highest BCUT2D eigenvalue weighted by atomic mass is 16.5. The van der Waals surface area contributed by atoms with E-state index in [1.54, 1.807) is 0 Å². The van der Waals surface area contributed by atoms with E-state index in [-0.39, 0.29) is 24.1 Å². The Kier molecular flexibility index (Phi) is 3.93. The van der Waals surface area contributed by atoms with Crippen LogP contribution in [0.3, 0.4) is 0 Å². The fraction of sp³-hybridized carbons (Fsp3) is 0.800. The maximum Gasteiger partial charge on any atom is 0.306 e. The zero-order valence-corrected chi connectivity index (χ0v) is 8.04. The lowest BCUT2D eigenvalue weighted by Crippen LogP contribution is -2.17. The van der Waals surface area contributed by atoms with Crippen molar-refractivity contribution in [3.8, 4) is 0 Å². The Morgan fingerprint density at radius 2 is 2.23 bits per heavy atom. The second-order valence-corrected chi connectivity index (χ2v) is 3.54. The molecule has 1 rings (SSSR count). The fourth-order valence-electron chi connectivity index (χ4n) is 1.73. The van der Waals surface area contributed by atoms with Crippen LogP contribution in [0.25, 0.3) is 0 Å². The van der Waals surface area contributed by atoms with Gasteiger partial charge in [0, 0.05) is 12.3 Å². The normalized spacial score (nSPS) is 23.8. The molecule has 0 amide bonds. The third-order valence-electron chi connectivity index (χ3n) is 2.57. The quantitative estimate of drug-likeness (QED) is 0.484. The van der Waals surface area contributed by atoms with E-state index in [2.05, 4.69) is 4.74 Å². The van der Waals surface area contributed by atoms with Crippen molar-refractivity contribution < 1.29 is 14.3 Å². The van der Waals surface area contributed by atoms with Gasteiger partial charge < -0.3 is 4.74 Å². The van der Waals surface area contributed by atoms with E-state index in [0.717, 1.165) is 25.7 Å². The minimum atomic E-state index is -0.264. The number of rotatable bonds is 2. The molecule has 0 spiro atoms. The Labute approximate surface area is 78.5 Å². The molecule has 1 saturated carbocycles. The number of esters is 1. The third-order valence-corrected chi connectivity index (χ3v) is 2.57. The van der Waals surface area contributed by atoms with Crippen molar-refractivity contribution in [1.82, 2.24) is 0 Å². The number of carbonyl (C=O) groups excluding carboxylic acids is 2. The molecule has 0 aromatic rings. The van der Waals surface area contributed by atoms with Gasteiger partial charge in [-0.1, -0.05) is 12.8 Å². The van der Waals surface area contributed by atoms with Gasteiger partial charge in [0.05, 0.1) is 13.5 Å². The first kappa shape index (κ1) is 10.2. The smallest absolute Gasteiger partial charge is 0.306 e. The van der Waals surface area contributed by atoms with E-state index >= 15 is 0 Å². The van der Waals surface area contributed by atoms with Gasteiger partial charge in [0.2, 0.25) is 0 Å². The molecule has 0 bridgehead atoms. The van der Waals surface area contributed by atoms with Crippen LogP contribution in [0.2, 0.25) is 0 Å². The maximum absolute atomic E-state index is 11.5. The van der Waals surface area contributed by atoms with E-state index in [1.165, 1.54) is 7.11 Å². The van der Waals surface area contributed by atoms with Gasteiger partial charge >= 0.3 is 5.97 Å². The van der Waals surface area contributed by atoms with Gasteiger partial charge in [-0.15, -0.1) is 0 Å². The van der Waals surface area contributed by atoms with Crippen molar-refractivity contribution in [3.05, 3.63) is 0 Å². The Bertz CT molecular complexity index is 198. The van der Waals surface area contributed by atoms with Crippen molar-refractivity contribution in [2.24, 2.45) is 5.92 Å². The predicted octanol–water partition coefficient (Wildman–Crippen LogP) is 1.70. The van der Waals surface area contributed by atoms with Crippen LogP contribution in [0.1, 0.15) is 38.5 Å². The number of hydrogen-bond donors (Lipinski definition) is 0. The van der Waals surface area contributed by atoms with Crippen molar-refractivity contribution in [3.63, 3.8) is 0 Å². The Morgan fingerprint density at radius 3 is 2.92 bits per heavy atom. The minimum absolute atomic E-state index is 0.0741. The average molecular weight is 184 g/mol. The largest absolute Gasteiger partial charge is 0.469 e. The van der Waals surface area contributed by atoms with Crippen LogP contribution >= 0.6 is 0 Å². The summed E-state index contributed by atoms with van der Waals surface area (Å²) in [7, 11) is 1.36. The first-order chi connectivity index (χ1) is 6.24. The van der Waals surface area contributed by atoms with Crippen LogP contribution < -0.4 is 0 Å². The molecule has 1 aliphatic carbocycles. The van der Waals surface area contributed by atoms with E-state index in [0.29, 0.717) is 6.42 Å². The standard InChI is InChI=1S/C10H16O3/c1-13-10(12)7-8-5-3-2-4-6-9(8)11/h8H,2-7H2,1H3. The molecule has 0 heterocycles. The topological polar surface area (TPSA) is 43.4 Å². The lowest BCUT2D eigenvalue weighted by Gasteiger charge is -2.10. The summed E-state index contributed by atoms with van der Waals surface area (Å²) in [5.74, 6) is -0.0990. The SMILES string of the molecule is COC(=O)CC1CCCCCC1=O. The lowest BCUT2D eigenvalue weighted by atomic mass is 9.95. The van der Waals surface area contributed by atoms with Gasteiger partial charge in [0.1, 0.15) is 5.78 Å². The Balaban J connectivity index is 2.45. The molecule has 1 unspecified atom stereocenters. The number of carbonyl (C=O) groups is 2. The van der Waals surface area contributed by atoms with Gasteiger partial charge in [0.25, 0.3) is 0 Å². The van der Waals surface area contributed by atoms with Crippen molar-refractivity contribution >= 4 is 11.8 Å². The van der Waals surface area contributed by atoms with E-state index in [1.807, 2.05) is 0 Å². The lowest BCUT2D eigenvalue weighted by molar-refractivity contribution is -0.143. The summed E-state index contributed by atoms with van der Waals surface area (Å²) in [6.45, 7) is 0. The number of methoxy groups -OCH3 is 1. The first-order valence-electron chi connectivity index (χ1n) is 4.83. The second kappa shape index (κ2) is 5.00. The summed E-state index contributed by atoms with van der Waals surface area (Å²) in [5.41, 5.74) is 0. The molecule has 0 saturated heterocycles. The van der Waals surface area contributed by atoms with Gasteiger partial charge in [-0.05, 0) is 12.8 Å². The van der Waals surface area contributed by atoms with Gasteiger partial charge in [-0.2, -0.15) is 0 Å². The van der Waals surface area contributed by atoms with Crippen molar-refractivity contribution in [1.29, 1.82) is 0 Å². The molecule has 0 aliphatic heterocycles. The number of ketones is 1. The van der Waals surface area contributed by atoms with E-state index < -0.39 is 0 Å². The molecule has 0 radical (unpaired) electrons. The molecule has 1 fully saturated rings. The Hall–Kier alpha value is -0.860. The van der Waals surface area contributed by atoms with E-state index in [4.69, 9.17) is 0 Å². The molecule has 0 aromatic heterocycles. The minimum Gasteiger partial charge on any atom is -0.469 e. The summed E-state index contributed by atoms with van der Waals surface area (Å²) >= 11 is 0. The summed E-state index contributed by atoms with van der Waals surface area (Å²) < 4.78 is 4.55. The molecule has 0 aromatic carbocycles. The monoisotopic (exact) mass is 184 g/mol. The first-order valence-corrected chi connectivity index (χ1v) is 4.83. The molecular formula is C10H16O3. The van der Waals surface area contributed by atoms with Gasteiger partial charge in [-0.3, -0.25) is 9.59 Å². The predicted molar refractivity (Wildman–Crippen MR) is 48.2 cm³/mol. The maximum atomic E-state index is 11.5. The molecule has 1 aliphatic rings. The third kappa shape index (κ3) is 3.17. The van der Waals surface area contributed by atoms with Crippen LogP contribution in [0.4, 0.5) is 0 Å². The summed E-state index contributed by atoms with van der Waals surface area (Å²) in [6, 6.07) is 0. The zero-order chi connectivity index (χ0) is 9.68. The van der Waals surface area contributed by atoms with Crippen molar-refractivity contribution in [2.75, 3.05) is 7.11 Å². The van der Waals surface area contributed by atoms with Gasteiger partial charge in [-0.25, -0.2) is 0 Å².